The number of amides is 1. The number of nitro benzene ring substituents is 1. The van der Waals surface area contributed by atoms with E-state index < -0.39 is 45.3 Å². The maximum absolute atomic E-state index is 12.5. The average Bonchev–Trinajstić information content (AvgIpc) is 3.23. The number of esters is 2. The van der Waals surface area contributed by atoms with Crippen molar-refractivity contribution in [3.05, 3.63) is 76.0 Å². The van der Waals surface area contributed by atoms with Crippen molar-refractivity contribution in [3.63, 3.8) is 0 Å². The number of furan rings is 1. The van der Waals surface area contributed by atoms with Gasteiger partial charge < -0.3 is 14.3 Å². The first-order valence-electron chi connectivity index (χ1n) is 8.10. The molecule has 0 unspecified atom stereocenters. The topological polar surface area (TPSA) is 188 Å². The fourth-order valence-electron chi connectivity index (χ4n) is 2.65. The molecule has 2 heterocycles. The van der Waals surface area contributed by atoms with Crippen molar-refractivity contribution >= 4 is 23.5 Å². The summed E-state index contributed by atoms with van der Waals surface area (Å²) in [6, 6.07) is 6.35. The lowest BCUT2D eigenvalue weighted by Gasteiger charge is -2.09. The van der Waals surface area contributed by atoms with Gasteiger partial charge in [-0.15, -0.1) is 0 Å². The lowest BCUT2D eigenvalue weighted by Crippen LogP contribution is -2.32. The van der Waals surface area contributed by atoms with Gasteiger partial charge in [0.05, 0.1) is 16.7 Å². The highest BCUT2D eigenvalue weighted by atomic mass is 16.6. The molecule has 0 aliphatic rings. The van der Waals surface area contributed by atoms with Gasteiger partial charge in [-0.25, -0.2) is 15.4 Å². The fourth-order valence-corrected chi connectivity index (χ4v) is 2.65. The van der Waals surface area contributed by atoms with Crippen LogP contribution in [0.25, 0.3) is 11.1 Å². The lowest BCUT2D eigenvalue weighted by molar-refractivity contribution is -0.386. The molecule has 2 aromatic heterocycles. The van der Waals surface area contributed by atoms with Crippen LogP contribution in [0, 0.1) is 10.1 Å². The molecule has 12 heteroatoms. The Morgan fingerprint density at radius 3 is 2.47 bits per heavy atom. The Balaban J connectivity index is 1.97. The number of nitrogens with two attached hydrogens (primary N) is 1. The summed E-state index contributed by atoms with van der Waals surface area (Å²) in [5.41, 5.74) is -0.0920. The summed E-state index contributed by atoms with van der Waals surface area (Å²) in [5.74, 6) is -0.0176. The minimum Gasteiger partial charge on any atom is -0.502 e. The number of aromatic nitrogens is 1. The Morgan fingerprint density at radius 2 is 1.83 bits per heavy atom. The second kappa shape index (κ2) is 8.20. The summed E-state index contributed by atoms with van der Waals surface area (Å²) in [6.07, 6.45) is 4.17. The first kappa shape index (κ1) is 20.2. The number of nitro groups is 1. The van der Waals surface area contributed by atoms with E-state index in [4.69, 9.17) is 15.0 Å². The number of benzene rings is 1. The van der Waals surface area contributed by atoms with E-state index in [0.29, 0.717) is 11.1 Å². The maximum atomic E-state index is 12.5. The molecule has 0 bridgehead atoms. The number of carbonyl (C=O) groups excluding carboxylic acids is 3. The van der Waals surface area contributed by atoms with E-state index in [2.05, 4.69) is 4.98 Å². The highest BCUT2D eigenvalue weighted by Gasteiger charge is 2.33. The maximum Gasteiger partial charge on any atom is 0.382 e. The minimum absolute atomic E-state index is 0.312. The summed E-state index contributed by atoms with van der Waals surface area (Å²) in [7, 11) is 0. The third-order valence-corrected chi connectivity index (χ3v) is 3.94. The summed E-state index contributed by atoms with van der Waals surface area (Å²) in [4.78, 5) is 51.0. The van der Waals surface area contributed by atoms with Crippen molar-refractivity contribution in [2.75, 3.05) is 0 Å². The van der Waals surface area contributed by atoms with Gasteiger partial charge in [-0.2, -0.15) is 0 Å². The quantitative estimate of drug-likeness (QED) is 0.138. The molecule has 0 atom stereocenters. The predicted molar refractivity (Wildman–Crippen MR) is 98.1 cm³/mol. The molecule has 152 valence electrons. The third-order valence-electron chi connectivity index (χ3n) is 3.94. The van der Waals surface area contributed by atoms with E-state index in [-0.39, 0.29) is 5.76 Å². The SMILES string of the molecule is NNC(=O)c1c(C(=O)OC(=O)c2occc2-c2ccncc2)ccc(O)c1[N+](=O)[O-]. The average molecular weight is 412 g/mol. The zero-order valence-corrected chi connectivity index (χ0v) is 14.9. The minimum atomic E-state index is -1.39. The summed E-state index contributed by atoms with van der Waals surface area (Å²) < 4.78 is 9.84. The highest BCUT2D eigenvalue weighted by Crippen LogP contribution is 2.33. The van der Waals surface area contributed by atoms with Crippen molar-refractivity contribution in [2.24, 2.45) is 5.84 Å². The number of pyridine rings is 1. The molecule has 1 amide bonds. The van der Waals surface area contributed by atoms with E-state index in [1.165, 1.54) is 24.7 Å². The van der Waals surface area contributed by atoms with Crippen LogP contribution in [-0.2, 0) is 4.74 Å². The third kappa shape index (κ3) is 3.70. The number of carbonyl (C=O) groups is 3. The molecular weight excluding hydrogens is 400 g/mol. The van der Waals surface area contributed by atoms with Crippen LogP contribution in [-0.4, -0.2) is 32.9 Å². The van der Waals surface area contributed by atoms with Crippen LogP contribution < -0.4 is 11.3 Å². The number of nitrogen functional groups attached to an aromatic ring is 1. The van der Waals surface area contributed by atoms with Gasteiger partial charge in [0.25, 0.3) is 5.91 Å². The van der Waals surface area contributed by atoms with Gasteiger partial charge in [-0.3, -0.25) is 25.3 Å². The largest absolute Gasteiger partial charge is 0.502 e. The number of phenols is 1. The Kier molecular flexibility index (Phi) is 5.51. The second-order valence-corrected chi connectivity index (χ2v) is 5.66. The summed E-state index contributed by atoms with van der Waals surface area (Å²) in [5, 5.41) is 20.9. The lowest BCUT2D eigenvalue weighted by atomic mass is 10.0. The van der Waals surface area contributed by atoms with Crippen molar-refractivity contribution in [3.8, 4) is 16.9 Å². The van der Waals surface area contributed by atoms with Crippen molar-refractivity contribution in [2.45, 2.75) is 0 Å². The number of hydrogen-bond donors (Lipinski definition) is 3. The van der Waals surface area contributed by atoms with Gasteiger partial charge in [-0.05, 0) is 35.9 Å². The molecule has 1 aromatic carbocycles. The molecule has 0 spiro atoms. The van der Waals surface area contributed by atoms with Crippen molar-refractivity contribution in [1.82, 2.24) is 10.4 Å². The molecule has 0 radical (unpaired) electrons. The number of nitrogens with one attached hydrogen (secondary N) is 1. The van der Waals surface area contributed by atoms with E-state index in [1.54, 1.807) is 17.6 Å². The summed E-state index contributed by atoms with van der Waals surface area (Å²) in [6.45, 7) is 0. The summed E-state index contributed by atoms with van der Waals surface area (Å²) >= 11 is 0. The van der Waals surface area contributed by atoms with Crippen LogP contribution in [0.5, 0.6) is 5.75 Å². The van der Waals surface area contributed by atoms with Gasteiger partial charge in [0, 0.05) is 18.0 Å². The van der Waals surface area contributed by atoms with Crippen LogP contribution >= 0.6 is 0 Å². The molecule has 12 nitrogen and oxygen atoms in total. The second-order valence-electron chi connectivity index (χ2n) is 5.66. The fraction of sp³-hybridized carbons (Fsp3) is 0. The molecule has 30 heavy (non-hydrogen) atoms. The number of ether oxygens (including phenoxy) is 1. The van der Waals surface area contributed by atoms with E-state index in [9.17, 15) is 29.6 Å². The van der Waals surface area contributed by atoms with Gasteiger partial charge in [0.1, 0.15) is 5.56 Å². The first-order valence-corrected chi connectivity index (χ1v) is 8.10. The molecule has 0 fully saturated rings. The number of hydrazine groups is 1. The number of nitrogens with zero attached hydrogens (tertiary/aromatic N) is 2. The van der Waals surface area contributed by atoms with Crippen LogP contribution in [0.15, 0.2) is 53.4 Å². The van der Waals surface area contributed by atoms with Crippen molar-refractivity contribution < 1.29 is 33.6 Å². The smallest absolute Gasteiger partial charge is 0.382 e. The molecule has 4 N–H and O–H groups in total. The van der Waals surface area contributed by atoms with Gasteiger partial charge >= 0.3 is 17.6 Å². The van der Waals surface area contributed by atoms with E-state index in [0.717, 1.165) is 12.1 Å². The normalized spacial score (nSPS) is 10.3. The van der Waals surface area contributed by atoms with E-state index in [1.807, 2.05) is 0 Å². The predicted octanol–water partition coefficient (Wildman–Crippen LogP) is 1.56. The zero-order valence-electron chi connectivity index (χ0n) is 14.9. The van der Waals surface area contributed by atoms with Crippen LogP contribution in [0.1, 0.15) is 31.3 Å². The number of rotatable bonds is 5. The van der Waals surface area contributed by atoms with Gasteiger partial charge in [0.15, 0.2) is 5.75 Å². The molecule has 0 saturated carbocycles. The molecule has 0 aliphatic carbocycles. The van der Waals surface area contributed by atoms with E-state index >= 15 is 0 Å². The molecule has 0 saturated heterocycles. The van der Waals surface area contributed by atoms with Crippen LogP contribution in [0.4, 0.5) is 5.69 Å². The zero-order chi connectivity index (χ0) is 21.8. The Labute approximate surface area is 167 Å². The monoisotopic (exact) mass is 412 g/mol. The molecule has 3 aromatic rings. The number of hydrogen-bond acceptors (Lipinski definition) is 10. The number of aromatic hydroxyl groups is 1. The van der Waals surface area contributed by atoms with Gasteiger partial charge in [0.2, 0.25) is 5.76 Å². The van der Waals surface area contributed by atoms with Gasteiger partial charge in [-0.1, -0.05) is 0 Å². The highest BCUT2D eigenvalue weighted by molar-refractivity contribution is 6.12. The Hall–Kier alpha value is -4.58. The standard InChI is InChI=1S/C18H12N4O8/c19-21-16(24)13-11(1-2-12(23)14(13)22(27)28)17(25)30-18(26)15-10(5-8-29-15)9-3-6-20-7-4-9/h1-8,23H,19H2,(H,21,24). The molecule has 3 rings (SSSR count). The van der Waals surface area contributed by atoms with Crippen LogP contribution in [0.3, 0.4) is 0 Å². The Bertz CT molecular complexity index is 1160. The molecule has 0 aliphatic heterocycles. The number of phenolic OH excluding ortho intramolecular Hbond substituents is 1. The van der Waals surface area contributed by atoms with Crippen LogP contribution in [0.2, 0.25) is 0 Å². The molecular formula is C18H12N4O8. The Morgan fingerprint density at radius 1 is 1.13 bits per heavy atom. The first-order chi connectivity index (χ1) is 14.3. The van der Waals surface area contributed by atoms with Crippen molar-refractivity contribution in [1.29, 1.82) is 0 Å².